The van der Waals surface area contributed by atoms with Crippen molar-refractivity contribution in [3.05, 3.63) is 0 Å². The lowest BCUT2D eigenvalue weighted by Gasteiger charge is -2.30. The van der Waals surface area contributed by atoms with Crippen LogP contribution in [0.2, 0.25) is 0 Å². The maximum Gasteiger partial charge on any atom is 0.311 e. The molecule has 0 aromatic rings. The van der Waals surface area contributed by atoms with E-state index in [1.165, 1.54) is 7.11 Å². The average molecular weight is 203 g/mol. The fourth-order valence-electron chi connectivity index (χ4n) is 1.43. The highest BCUT2D eigenvalue weighted by atomic mass is 16.5. The Morgan fingerprint density at radius 2 is 1.93 bits per heavy atom. The average Bonchev–Trinajstić information content (AvgIpc) is 2.19. The molecule has 1 aliphatic heterocycles. The van der Waals surface area contributed by atoms with Crippen LogP contribution in [0.25, 0.3) is 0 Å². The number of hydrogen-bond acceptors (Lipinski definition) is 4. The van der Waals surface area contributed by atoms with Gasteiger partial charge in [0.2, 0.25) is 0 Å². The molecule has 0 bridgehead atoms. The molecule has 0 atom stereocenters. The van der Waals surface area contributed by atoms with E-state index in [-0.39, 0.29) is 17.9 Å². The van der Waals surface area contributed by atoms with Crippen LogP contribution in [0.4, 0.5) is 0 Å². The van der Waals surface area contributed by atoms with Crippen molar-refractivity contribution in [3.63, 3.8) is 0 Å². The van der Waals surface area contributed by atoms with Gasteiger partial charge in [0, 0.05) is 0 Å². The van der Waals surface area contributed by atoms with Gasteiger partial charge >= 0.3 is 5.97 Å². The molecule has 5 nitrogen and oxygen atoms in total. The molecular formula is C9H17NO4. The van der Waals surface area contributed by atoms with Crippen molar-refractivity contribution in [2.75, 3.05) is 20.2 Å². The minimum absolute atomic E-state index is 0.0704. The third kappa shape index (κ3) is 3.74. The van der Waals surface area contributed by atoms with Gasteiger partial charge in [0.05, 0.1) is 12.5 Å². The van der Waals surface area contributed by atoms with Crippen LogP contribution in [0, 0.1) is 5.41 Å². The van der Waals surface area contributed by atoms with Crippen molar-refractivity contribution < 1.29 is 19.4 Å². The quantitative estimate of drug-likeness (QED) is 0.472. The van der Waals surface area contributed by atoms with Gasteiger partial charge in [-0.1, -0.05) is 0 Å². The smallest absolute Gasteiger partial charge is 0.311 e. The van der Waals surface area contributed by atoms with Crippen LogP contribution >= 0.6 is 0 Å². The lowest BCUT2D eigenvalue weighted by Crippen LogP contribution is -2.40. The molecule has 1 saturated heterocycles. The molecule has 0 aliphatic carbocycles. The second kappa shape index (κ2) is 6.37. The summed E-state index contributed by atoms with van der Waals surface area (Å²) in [5.41, 5.74) is -0.236. The van der Waals surface area contributed by atoms with E-state index in [1.807, 2.05) is 6.92 Å². The number of piperidine rings is 1. The molecule has 1 fully saturated rings. The Bertz CT molecular complexity index is 187. The summed E-state index contributed by atoms with van der Waals surface area (Å²) < 4.78 is 4.73. The lowest BCUT2D eigenvalue weighted by atomic mass is 9.81. The molecule has 0 unspecified atom stereocenters. The fraction of sp³-hybridized carbons (Fsp3) is 0.778. The zero-order valence-corrected chi connectivity index (χ0v) is 8.58. The number of carbonyl (C=O) groups is 2. The number of esters is 1. The minimum Gasteiger partial charge on any atom is -0.483 e. The third-order valence-corrected chi connectivity index (χ3v) is 2.39. The lowest BCUT2D eigenvalue weighted by molar-refractivity contribution is -0.153. The van der Waals surface area contributed by atoms with Gasteiger partial charge in [0.15, 0.2) is 0 Å². The Hall–Kier alpha value is -1.10. The predicted molar refractivity (Wildman–Crippen MR) is 50.9 cm³/mol. The molecule has 0 amide bonds. The van der Waals surface area contributed by atoms with Gasteiger partial charge in [0.25, 0.3) is 6.47 Å². The number of carboxylic acid groups (broad SMARTS) is 1. The van der Waals surface area contributed by atoms with Crippen LogP contribution in [-0.4, -0.2) is 37.7 Å². The molecule has 1 heterocycles. The Balaban J connectivity index is 0.000000500. The highest BCUT2D eigenvalue weighted by Crippen LogP contribution is 2.28. The molecule has 0 aromatic carbocycles. The largest absolute Gasteiger partial charge is 0.483 e. The first-order valence-corrected chi connectivity index (χ1v) is 4.47. The standard InChI is InChI=1S/C8H15NO2.CH2O2/c1-8(7(10)11-2)3-5-9-6-4-8;2-1-3/h9H,3-6H2,1-2H3;1H,(H,2,3). The van der Waals surface area contributed by atoms with Crippen molar-refractivity contribution in [2.45, 2.75) is 19.8 Å². The molecule has 0 spiro atoms. The van der Waals surface area contributed by atoms with E-state index in [0.717, 1.165) is 25.9 Å². The number of carbonyl (C=O) groups excluding carboxylic acids is 1. The Labute approximate surface area is 83.4 Å². The zero-order chi connectivity index (χ0) is 11.0. The summed E-state index contributed by atoms with van der Waals surface area (Å²) in [6.07, 6.45) is 1.78. The van der Waals surface area contributed by atoms with Crippen molar-refractivity contribution in [1.82, 2.24) is 5.32 Å². The highest BCUT2D eigenvalue weighted by Gasteiger charge is 2.35. The van der Waals surface area contributed by atoms with E-state index in [0.29, 0.717) is 0 Å². The number of hydrogen-bond donors (Lipinski definition) is 2. The second-order valence-electron chi connectivity index (χ2n) is 3.41. The summed E-state index contributed by atoms with van der Waals surface area (Å²) in [7, 11) is 1.45. The fourth-order valence-corrected chi connectivity index (χ4v) is 1.43. The van der Waals surface area contributed by atoms with Crippen molar-refractivity contribution in [2.24, 2.45) is 5.41 Å². The Morgan fingerprint density at radius 3 is 2.29 bits per heavy atom. The molecule has 0 aromatic heterocycles. The topological polar surface area (TPSA) is 75.6 Å². The molecule has 1 aliphatic rings. The third-order valence-electron chi connectivity index (χ3n) is 2.39. The van der Waals surface area contributed by atoms with Crippen molar-refractivity contribution in [1.29, 1.82) is 0 Å². The van der Waals surface area contributed by atoms with Gasteiger partial charge in [0.1, 0.15) is 0 Å². The van der Waals surface area contributed by atoms with E-state index in [9.17, 15) is 4.79 Å². The predicted octanol–water partition coefficient (Wildman–Crippen LogP) is 0.250. The molecule has 0 radical (unpaired) electrons. The van der Waals surface area contributed by atoms with Crippen LogP contribution < -0.4 is 5.32 Å². The normalized spacial score (nSPS) is 18.7. The van der Waals surface area contributed by atoms with E-state index >= 15 is 0 Å². The molecule has 2 N–H and O–H groups in total. The number of ether oxygens (including phenoxy) is 1. The van der Waals surface area contributed by atoms with Crippen molar-refractivity contribution >= 4 is 12.4 Å². The number of rotatable bonds is 1. The summed E-state index contributed by atoms with van der Waals surface area (Å²) in [5.74, 6) is -0.0704. The first-order chi connectivity index (χ1) is 6.60. The van der Waals surface area contributed by atoms with E-state index < -0.39 is 0 Å². The minimum atomic E-state index is -0.250. The summed E-state index contributed by atoms with van der Waals surface area (Å²) in [6.45, 7) is 3.57. The van der Waals surface area contributed by atoms with Gasteiger partial charge in [-0.15, -0.1) is 0 Å². The maximum absolute atomic E-state index is 11.2. The summed E-state index contributed by atoms with van der Waals surface area (Å²) in [4.78, 5) is 19.6. The van der Waals surface area contributed by atoms with Crippen LogP contribution in [-0.2, 0) is 14.3 Å². The van der Waals surface area contributed by atoms with Crippen LogP contribution in [0.1, 0.15) is 19.8 Å². The van der Waals surface area contributed by atoms with Gasteiger partial charge in [-0.05, 0) is 32.9 Å². The van der Waals surface area contributed by atoms with E-state index in [4.69, 9.17) is 14.6 Å². The van der Waals surface area contributed by atoms with Crippen LogP contribution in [0.3, 0.4) is 0 Å². The molecule has 1 rings (SSSR count). The zero-order valence-electron chi connectivity index (χ0n) is 8.58. The Morgan fingerprint density at radius 1 is 1.50 bits per heavy atom. The van der Waals surface area contributed by atoms with Crippen LogP contribution in [0.5, 0.6) is 0 Å². The van der Waals surface area contributed by atoms with Gasteiger partial charge in [-0.25, -0.2) is 0 Å². The van der Waals surface area contributed by atoms with Gasteiger partial charge in [-0.3, -0.25) is 9.59 Å². The van der Waals surface area contributed by atoms with Crippen molar-refractivity contribution in [3.8, 4) is 0 Å². The molecular weight excluding hydrogens is 186 g/mol. The number of methoxy groups -OCH3 is 1. The summed E-state index contributed by atoms with van der Waals surface area (Å²) >= 11 is 0. The van der Waals surface area contributed by atoms with Crippen LogP contribution in [0.15, 0.2) is 0 Å². The Kier molecular flexibility index (Phi) is 5.87. The second-order valence-corrected chi connectivity index (χ2v) is 3.41. The monoisotopic (exact) mass is 203 g/mol. The SMILES string of the molecule is COC(=O)C1(C)CCNCC1.O=CO. The molecule has 5 heteroatoms. The summed E-state index contributed by atoms with van der Waals surface area (Å²) in [5, 5.41) is 10.1. The van der Waals surface area contributed by atoms with Gasteiger partial charge < -0.3 is 15.2 Å². The highest BCUT2D eigenvalue weighted by molar-refractivity contribution is 5.76. The molecule has 82 valence electrons. The van der Waals surface area contributed by atoms with E-state index in [1.54, 1.807) is 0 Å². The summed E-state index contributed by atoms with van der Waals surface area (Å²) in [6, 6.07) is 0. The maximum atomic E-state index is 11.2. The molecule has 14 heavy (non-hydrogen) atoms. The van der Waals surface area contributed by atoms with Gasteiger partial charge in [-0.2, -0.15) is 0 Å². The first-order valence-electron chi connectivity index (χ1n) is 4.47. The molecule has 0 saturated carbocycles. The van der Waals surface area contributed by atoms with E-state index in [2.05, 4.69) is 5.32 Å². The number of nitrogens with one attached hydrogen (secondary N) is 1. The first kappa shape index (κ1) is 12.9.